The summed E-state index contributed by atoms with van der Waals surface area (Å²) in [4.78, 5) is 0. The summed E-state index contributed by atoms with van der Waals surface area (Å²) in [5, 5.41) is 5.35. The largest absolute Gasteiger partial charge is 0.329 e. The molecule has 102 valence electrons. The molecule has 1 aliphatic carbocycles. The van der Waals surface area contributed by atoms with E-state index in [1.54, 1.807) is 0 Å². The maximum absolute atomic E-state index is 11.7. The molecule has 6 heteroatoms. The second-order valence-corrected chi connectivity index (χ2v) is 6.72. The Morgan fingerprint density at radius 3 is 2.53 bits per heavy atom. The zero-order chi connectivity index (χ0) is 13.1. The van der Waals surface area contributed by atoms with Crippen molar-refractivity contribution in [1.82, 2.24) is 4.31 Å². The van der Waals surface area contributed by atoms with Crippen molar-refractivity contribution in [1.29, 1.82) is 0 Å². The highest BCUT2D eigenvalue weighted by atomic mass is 32.2. The van der Waals surface area contributed by atoms with E-state index in [0.29, 0.717) is 19.0 Å². The molecule has 4 N–H and O–H groups in total. The zero-order valence-corrected chi connectivity index (χ0v) is 11.7. The van der Waals surface area contributed by atoms with Crippen molar-refractivity contribution in [3.63, 3.8) is 0 Å². The molecule has 0 aromatic rings. The van der Waals surface area contributed by atoms with Gasteiger partial charge >= 0.3 is 0 Å². The van der Waals surface area contributed by atoms with Crippen LogP contribution < -0.4 is 10.9 Å². The van der Waals surface area contributed by atoms with Crippen LogP contribution in [0.25, 0.3) is 0 Å². The van der Waals surface area contributed by atoms with Crippen LogP contribution in [0.2, 0.25) is 0 Å². The Balaban J connectivity index is 3.02. The Bertz CT molecular complexity index is 345. The van der Waals surface area contributed by atoms with Crippen LogP contribution in [-0.4, -0.2) is 31.4 Å². The van der Waals surface area contributed by atoms with Crippen LogP contribution in [0.3, 0.4) is 0 Å². The van der Waals surface area contributed by atoms with Crippen molar-refractivity contribution in [2.75, 3.05) is 13.1 Å². The Labute approximate surface area is 105 Å². The molecule has 0 amide bonds. The van der Waals surface area contributed by atoms with Crippen molar-refractivity contribution >= 4 is 10.2 Å². The van der Waals surface area contributed by atoms with Gasteiger partial charge in [0.05, 0.1) is 0 Å². The molecule has 0 spiro atoms. The Kier molecular flexibility index (Phi) is 4.95. The summed E-state index contributed by atoms with van der Waals surface area (Å²) in [6.45, 7) is 4.92. The molecule has 0 heterocycles. The zero-order valence-electron chi connectivity index (χ0n) is 10.9. The van der Waals surface area contributed by atoms with Gasteiger partial charge in [-0.2, -0.15) is 12.7 Å². The van der Waals surface area contributed by atoms with Crippen LogP contribution in [0.5, 0.6) is 0 Å². The van der Waals surface area contributed by atoms with Crippen molar-refractivity contribution in [3.05, 3.63) is 0 Å². The third kappa shape index (κ3) is 3.40. The minimum atomic E-state index is -3.67. The van der Waals surface area contributed by atoms with Gasteiger partial charge in [0.2, 0.25) is 0 Å². The Hall–Kier alpha value is -0.170. The maximum Gasteiger partial charge on any atom is 0.277 e. The SMILES string of the molecule is CCCN(C1(CN)CCCC(C)C1)S(N)(=O)=O. The smallest absolute Gasteiger partial charge is 0.277 e. The predicted molar refractivity (Wildman–Crippen MR) is 69.5 cm³/mol. The van der Waals surface area contributed by atoms with Crippen molar-refractivity contribution in [2.24, 2.45) is 16.8 Å². The first-order valence-corrected chi connectivity index (χ1v) is 7.86. The molecule has 1 aliphatic rings. The topological polar surface area (TPSA) is 89.4 Å². The number of nitrogens with zero attached hydrogens (tertiary/aromatic N) is 1. The molecular formula is C11H25N3O2S. The molecule has 0 aromatic carbocycles. The fourth-order valence-corrected chi connectivity index (χ4v) is 4.20. The van der Waals surface area contributed by atoms with Crippen LogP contribution in [0.15, 0.2) is 0 Å². The summed E-state index contributed by atoms with van der Waals surface area (Å²) in [6.07, 6.45) is 4.57. The van der Waals surface area contributed by atoms with Gasteiger partial charge in [-0.25, -0.2) is 5.14 Å². The lowest BCUT2D eigenvalue weighted by molar-refractivity contribution is 0.109. The Morgan fingerprint density at radius 2 is 2.12 bits per heavy atom. The second-order valence-electron chi connectivity index (χ2n) is 5.25. The van der Waals surface area contributed by atoms with E-state index in [4.69, 9.17) is 10.9 Å². The normalized spacial score (nSPS) is 30.8. The fraction of sp³-hybridized carbons (Fsp3) is 1.00. The van der Waals surface area contributed by atoms with Crippen molar-refractivity contribution < 1.29 is 8.42 Å². The predicted octanol–water partition coefficient (Wildman–Crippen LogP) is 0.810. The van der Waals surface area contributed by atoms with Crippen LogP contribution >= 0.6 is 0 Å². The van der Waals surface area contributed by atoms with E-state index in [1.165, 1.54) is 4.31 Å². The molecule has 1 rings (SSSR count). The average Bonchev–Trinajstić information content (AvgIpc) is 2.24. The monoisotopic (exact) mass is 263 g/mol. The summed E-state index contributed by atoms with van der Waals surface area (Å²) in [6, 6.07) is 0. The number of hydrogen-bond acceptors (Lipinski definition) is 3. The number of hydrogen-bond donors (Lipinski definition) is 2. The molecule has 0 radical (unpaired) electrons. The summed E-state index contributed by atoms with van der Waals surface area (Å²) in [7, 11) is -3.67. The van der Waals surface area contributed by atoms with Gasteiger partial charge in [0, 0.05) is 18.6 Å². The van der Waals surface area contributed by atoms with Gasteiger partial charge in [-0.15, -0.1) is 0 Å². The van der Waals surface area contributed by atoms with Crippen LogP contribution in [-0.2, 0) is 10.2 Å². The highest BCUT2D eigenvalue weighted by molar-refractivity contribution is 7.86. The first kappa shape index (κ1) is 14.9. The molecule has 17 heavy (non-hydrogen) atoms. The lowest BCUT2D eigenvalue weighted by Gasteiger charge is -2.45. The molecule has 1 saturated carbocycles. The third-order valence-electron chi connectivity index (χ3n) is 3.71. The van der Waals surface area contributed by atoms with Gasteiger partial charge in [-0.05, 0) is 25.2 Å². The molecule has 0 aromatic heterocycles. The quantitative estimate of drug-likeness (QED) is 0.769. The first-order valence-electron chi connectivity index (χ1n) is 6.36. The van der Waals surface area contributed by atoms with E-state index >= 15 is 0 Å². The molecule has 5 nitrogen and oxygen atoms in total. The standard InChI is InChI=1S/C11H25N3O2S/c1-3-7-14(17(13,15)16)11(9-12)6-4-5-10(2)8-11/h10H,3-9,12H2,1-2H3,(H2,13,15,16). The van der Waals surface area contributed by atoms with E-state index in [9.17, 15) is 8.42 Å². The molecule has 2 atom stereocenters. The lowest BCUT2D eigenvalue weighted by Crippen LogP contribution is -2.60. The Morgan fingerprint density at radius 1 is 1.47 bits per heavy atom. The van der Waals surface area contributed by atoms with E-state index in [0.717, 1.165) is 32.1 Å². The summed E-state index contributed by atoms with van der Waals surface area (Å²) in [5.41, 5.74) is 5.41. The number of nitrogens with two attached hydrogens (primary N) is 2. The van der Waals surface area contributed by atoms with E-state index in [-0.39, 0.29) is 0 Å². The lowest BCUT2D eigenvalue weighted by atomic mass is 9.76. The summed E-state index contributed by atoms with van der Waals surface area (Å²) >= 11 is 0. The molecular weight excluding hydrogens is 238 g/mol. The molecule has 0 aliphatic heterocycles. The minimum Gasteiger partial charge on any atom is -0.329 e. The molecule has 0 bridgehead atoms. The van der Waals surface area contributed by atoms with Crippen LogP contribution in [0.4, 0.5) is 0 Å². The van der Waals surface area contributed by atoms with Gasteiger partial charge in [0.25, 0.3) is 10.2 Å². The van der Waals surface area contributed by atoms with E-state index in [1.807, 2.05) is 6.92 Å². The molecule has 2 unspecified atom stereocenters. The third-order valence-corrected chi connectivity index (χ3v) is 4.89. The summed E-state index contributed by atoms with van der Waals surface area (Å²) < 4.78 is 24.9. The van der Waals surface area contributed by atoms with Gasteiger partial charge < -0.3 is 5.73 Å². The number of rotatable bonds is 5. The van der Waals surface area contributed by atoms with Gasteiger partial charge in [0.15, 0.2) is 0 Å². The maximum atomic E-state index is 11.7. The first-order chi connectivity index (χ1) is 7.85. The highest BCUT2D eigenvalue weighted by Crippen LogP contribution is 2.37. The molecule has 0 saturated heterocycles. The van der Waals surface area contributed by atoms with E-state index in [2.05, 4.69) is 6.92 Å². The fourth-order valence-electron chi connectivity index (χ4n) is 2.98. The van der Waals surface area contributed by atoms with Crippen molar-refractivity contribution in [2.45, 2.75) is 51.5 Å². The van der Waals surface area contributed by atoms with E-state index < -0.39 is 15.7 Å². The van der Waals surface area contributed by atoms with Gasteiger partial charge in [0.1, 0.15) is 0 Å². The van der Waals surface area contributed by atoms with Crippen LogP contribution in [0, 0.1) is 5.92 Å². The highest BCUT2D eigenvalue weighted by Gasteiger charge is 2.43. The van der Waals surface area contributed by atoms with Crippen LogP contribution in [0.1, 0.15) is 46.0 Å². The minimum absolute atomic E-state index is 0.355. The average molecular weight is 263 g/mol. The van der Waals surface area contributed by atoms with Gasteiger partial charge in [-0.1, -0.05) is 26.7 Å². The van der Waals surface area contributed by atoms with Gasteiger partial charge in [-0.3, -0.25) is 0 Å². The summed E-state index contributed by atoms with van der Waals surface area (Å²) in [5.74, 6) is 0.508. The second kappa shape index (κ2) is 5.65. The van der Waals surface area contributed by atoms with Crippen molar-refractivity contribution in [3.8, 4) is 0 Å². The molecule has 1 fully saturated rings.